The van der Waals surface area contributed by atoms with Crippen LogP contribution in [0.25, 0.3) is 0 Å². The number of anilines is 1. The fourth-order valence-electron chi connectivity index (χ4n) is 2.90. The lowest BCUT2D eigenvalue weighted by Crippen LogP contribution is -2.39. The highest BCUT2D eigenvalue weighted by Crippen LogP contribution is 2.35. The summed E-state index contributed by atoms with van der Waals surface area (Å²) < 4.78 is 8.93. The Bertz CT molecular complexity index is 750. The molecule has 1 N–H and O–H groups in total. The fraction of sp³-hybridized carbons (Fsp3) is 0.375. The number of amides is 2. The van der Waals surface area contributed by atoms with Crippen molar-refractivity contribution in [3.8, 4) is 5.75 Å². The van der Waals surface area contributed by atoms with Crippen LogP contribution in [-0.2, 0) is 15.0 Å². The van der Waals surface area contributed by atoms with E-state index in [-0.39, 0.29) is 5.41 Å². The van der Waals surface area contributed by atoms with Gasteiger partial charge in [-0.1, -0.05) is 23.5 Å². The molecule has 1 aromatic carbocycles. The molecule has 1 unspecified atom stereocenters. The Morgan fingerprint density at radius 3 is 2.96 bits per heavy atom. The number of aromatic nitrogens is 2. The third-order valence-electron chi connectivity index (χ3n) is 4.32. The molecule has 1 aliphatic heterocycles. The Morgan fingerprint density at radius 1 is 1.42 bits per heavy atom. The topological polar surface area (TPSA) is 84.4 Å². The largest absolute Gasteiger partial charge is 0.497 e. The molecule has 1 aliphatic rings. The monoisotopic (exact) mass is 346 g/mol. The molecule has 7 nitrogen and oxygen atoms in total. The average Bonchev–Trinajstić information content (AvgIpc) is 3.24. The van der Waals surface area contributed by atoms with E-state index in [0.29, 0.717) is 18.1 Å². The Labute approximate surface area is 143 Å². The highest BCUT2D eigenvalue weighted by Gasteiger charge is 2.39. The van der Waals surface area contributed by atoms with Gasteiger partial charge in [0, 0.05) is 30.0 Å². The Balaban J connectivity index is 1.69. The first-order chi connectivity index (χ1) is 11.5. The first-order valence-electron chi connectivity index (χ1n) is 7.54. The van der Waals surface area contributed by atoms with Gasteiger partial charge >= 0.3 is 11.8 Å². The van der Waals surface area contributed by atoms with E-state index < -0.39 is 11.8 Å². The SMILES string of the molecule is COc1cccc(C2(C)CCN(C(=O)C(=O)Nc3cnns3)C2)c1. The molecule has 126 valence electrons. The molecule has 0 radical (unpaired) electrons. The third-order valence-corrected chi connectivity index (χ3v) is 4.90. The van der Waals surface area contributed by atoms with Crippen LogP contribution < -0.4 is 10.1 Å². The van der Waals surface area contributed by atoms with Gasteiger partial charge in [0.05, 0.1) is 13.3 Å². The molecule has 8 heteroatoms. The molecule has 2 heterocycles. The molecule has 24 heavy (non-hydrogen) atoms. The minimum atomic E-state index is -0.657. The molecule has 2 aromatic rings. The van der Waals surface area contributed by atoms with Crippen LogP contribution in [0.2, 0.25) is 0 Å². The maximum atomic E-state index is 12.4. The molecule has 0 bridgehead atoms. The average molecular weight is 346 g/mol. The summed E-state index contributed by atoms with van der Waals surface area (Å²) in [5, 5.41) is 6.62. The van der Waals surface area contributed by atoms with E-state index >= 15 is 0 Å². The van der Waals surface area contributed by atoms with Gasteiger partial charge in [0.2, 0.25) is 0 Å². The van der Waals surface area contributed by atoms with Gasteiger partial charge < -0.3 is 15.0 Å². The number of methoxy groups -OCH3 is 1. The summed E-state index contributed by atoms with van der Waals surface area (Å²) in [6, 6.07) is 7.84. The summed E-state index contributed by atoms with van der Waals surface area (Å²) >= 11 is 1.03. The molecule has 0 aliphatic carbocycles. The predicted octanol–water partition coefficient (Wildman–Crippen LogP) is 1.68. The smallest absolute Gasteiger partial charge is 0.314 e. The molecular formula is C16H18N4O3S. The first kappa shape index (κ1) is 16.4. The molecule has 1 aromatic heterocycles. The molecule has 0 saturated carbocycles. The van der Waals surface area contributed by atoms with Gasteiger partial charge in [0.1, 0.15) is 10.8 Å². The highest BCUT2D eigenvalue weighted by atomic mass is 32.1. The number of nitrogens with zero attached hydrogens (tertiary/aromatic N) is 3. The second kappa shape index (κ2) is 6.56. The van der Waals surface area contributed by atoms with E-state index in [9.17, 15) is 9.59 Å². The van der Waals surface area contributed by atoms with E-state index in [4.69, 9.17) is 4.74 Å². The number of carbonyl (C=O) groups excluding carboxylic acids is 2. The van der Waals surface area contributed by atoms with Gasteiger partial charge in [-0.15, -0.1) is 5.10 Å². The molecule has 1 atom stereocenters. The van der Waals surface area contributed by atoms with Gasteiger partial charge in [-0.05, 0) is 24.1 Å². The summed E-state index contributed by atoms with van der Waals surface area (Å²) in [4.78, 5) is 26.0. The summed E-state index contributed by atoms with van der Waals surface area (Å²) in [6.45, 7) is 3.13. The number of hydrogen-bond donors (Lipinski definition) is 1. The van der Waals surface area contributed by atoms with Crippen LogP contribution in [0, 0.1) is 0 Å². The fourth-order valence-corrected chi connectivity index (χ4v) is 3.31. The maximum absolute atomic E-state index is 12.4. The van der Waals surface area contributed by atoms with E-state index in [1.165, 1.54) is 6.20 Å². The Hall–Kier alpha value is -2.48. The minimum absolute atomic E-state index is 0.198. The Kier molecular flexibility index (Phi) is 4.48. The molecule has 1 fully saturated rings. The van der Waals surface area contributed by atoms with Crippen molar-refractivity contribution in [3.63, 3.8) is 0 Å². The van der Waals surface area contributed by atoms with Crippen molar-refractivity contribution in [3.05, 3.63) is 36.0 Å². The molecule has 2 amide bonds. The molecule has 1 saturated heterocycles. The van der Waals surface area contributed by atoms with Crippen LogP contribution >= 0.6 is 11.5 Å². The third kappa shape index (κ3) is 3.23. The molecular weight excluding hydrogens is 328 g/mol. The number of rotatable bonds is 3. The maximum Gasteiger partial charge on any atom is 0.314 e. The second-order valence-corrected chi connectivity index (χ2v) is 6.79. The summed E-state index contributed by atoms with van der Waals surface area (Å²) in [7, 11) is 1.63. The highest BCUT2D eigenvalue weighted by molar-refractivity contribution is 7.10. The summed E-state index contributed by atoms with van der Waals surface area (Å²) in [5.41, 5.74) is 0.903. The molecule has 3 rings (SSSR count). The van der Waals surface area contributed by atoms with E-state index in [2.05, 4.69) is 21.8 Å². The zero-order valence-electron chi connectivity index (χ0n) is 13.5. The first-order valence-corrected chi connectivity index (χ1v) is 8.31. The van der Waals surface area contributed by atoms with Gasteiger partial charge in [0.15, 0.2) is 0 Å². The zero-order valence-corrected chi connectivity index (χ0v) is 14.3. The van der Waals surface area contributed by atoms with Crippen molar-refractivity contribution in [2.24, 2.45) is 0 Å². The lowest BCUT2D eigenvalue weighted by Gasteiger charge is -2.25. The summed E-state index contributed by atoms with van der Waals surface area (Å²) in [5.74, 6) is -0.403. The van der Waals surface area contributed by atoms with Crippen molar-refractivity contribution >= 4 is 28.3 Å². The van der Waals surface area contributed by atoms with E-state index in [1.807, 2.05) is 24.3 Å². The lowest BCUT2D eigenvalue weighted by molar-refractivity contribution is -0.142. The predicted molar refractivity (Wildman–Crippen MR) is 90.1 cm³/mol. The van der Waals surface area contributed by atoms with Gasteiger partial charge in [-0.3, -0.25) is 9.59 Å². The Morgan fingerprint density at radius 2 is 2.25 bits per heavy atom. The summed E-state index contributed by atoms with van der Waals surface area (Å²) in [6.07, 6.45) is 2.21. The number of ether oxygens (including phenoxy) is 1. The van der Waals surface area contributed by atoms with Crippen LogP contribution in [0.3, 0.4) is 0 Å². The minimum Gasteiger partial charge on any atom is -0.497 e. The van der Waals surface area contributed by atoms with Crippen molar-refractivity contribution in [2.75, 3.05) is 25.5 Å². The van der Waals surface area contributed by atoms with Crippen LogP contribution in [0.15, 0.2) is 30.5 Å². The number of benzene rings is 1. The van der Waals surface area contributed by atoms with Gasteiger partial charge in [0.25, 0.3) is 0 Å². The number of likely N-dealkylation sites (tertiary alicyclic amines) is 1. The number of hydrogen-bond acceptors (Lipinski definition) is 6. The van der Waals surface area contributed by atoms with E-state index in [1.54, 1.807) is 12.0 Å². The second-order valence-electron chi connectivity index (χ2n) is 6.01. The van der Waals surface area contributed by atoms with Crippen LogP contribution in [0.5, 0.6) is 5.75 Å². The molecule has 0 spiro atoms. The number of nitrogens with one attached hydrogen (secondary N) is 1. The standard InChI is InChI=1S/C16H18N4O3S/c1-16(11-4-3-5-12(8-11)23-2)6-7-20(10-16)15(22)14(21)18-13-9-17-19-24-13/h3-5,8-9H,6-7,10H2,1-2H3,(H,18,21). The van der Waals surface area contributed by atoms with Gasteiger partial charge in [-0.25, -0.2) is 0 Å². The van der Waals surface area contributed by atoms with E-state index in [0.717, 1.165) is 29.3 Å². The van der Waals surface area contributed by atoms with Crippen LogP contribution in [-0.4, -0.2) is 46.5 Å². The van der Waals surface area contributed by atoms with Crippen molar-refractivity contribution in [1.82, 2.24) is 14.5 Å². The lowest BCUT2D eigenvalue weighted by atomic mass is 9.82. The quantitative estimate of drug-likeness (QED) is 0.855. The van der Waals surface area contributed by atoms with Crippen molar-refractivity contribution in [2.45, 2.75) is 18.8 Å². The number of carbonyl (C=O) groups is 2. The van der Waals surface area contributed by atoms with Crippen LogP contribution in [0.1, 0.15) is 18.9 Å². The van der Waals surface area contributed by atoms with Gasteiger partial charge in [-0.2, -0.15) is 0 Å². The van der Waals surface area contributed by atoms with Crippen molar-refractivity contribution < 1.29 is 14.3 Å². The van der Waals surface area contributed by atoms with Crippen LogP contribution in [0.4, 0.5) is 5.00 Å². The normalized spacial score (nSPS) is 20.0. The van der Waals surface area contributed by atoms with Crippen molar-refractivity contribution in [1.29, 1.82) is 0 Å². The zero-order chi connectivity index (χ0) is 17.2.